The average Bonchev–Trinajstić information content (AvgIpc) is 2.70. The summed E-state index contributed by atoms with van der Waals surface area (Å²) in [4.78, 5) is 12.4. The van der Waals surface area contributed by atoms with E-state index >= 15 is 0 Å². The molecule has 36 heavy (non-hydrogen) atoms. The van der Waals surface area contributed by atoms with Crippen molar-refractivity contribution in [1.82, 2.24) is 5.23 Å². The van der Waals surface area contributed by atoms with E-state index in [9.17, 15) is 26.7 Å². The molecule has 0 heterocycles. The molecule has 1 rings (SSSR count). The normalized spacial score (nSPS) is 18.2. The van der Waals surface area contributed by atoms with Gasteiger partial charge in [-0.3, -0.25) is 13.2 Å². The number of carbonyl (C=O) groups excluding carboxylic acids is 1. The van der Waals surface area contributed by atoms with Gasteiger partial charge in [0, 0.05) is 24.7 Å². The van der Waals surface area contributed by atoms with Gasteiger partial charge in [0.15, 0.2) is 0 Å². The molecule has 0 amide bonds. The molecule has 1 atom stereocenters. The Labute approximate surface area is 227 Å². The molecule has 0 aliphatic carbocycles. The lowest BCUT2D eigenvalue weighted by molar-refractivity contribution is -0.155. The van der Waals surface area contributed by atoms with Crippen molar-refractivity contribution in [2.45, 2.75) is 59.0 Å². The maximum atomic E-state index is 12.6. The Morgan fingerprint density at radius 2 is 1.67 bits per heavy atom. The van der Waals surface area contributed by atoms with Crippen LogP contribution in [0.4, 0.5) is 5.69 Å². The smallest absolute Gasteiger partial charge is 0.373 e. The topological polar surface area (TPSA) is 149 Å². The molecule has 2 N–H and O–H groups in total. The lowest BCUT2D eigenvalue weighted by atomic mass is 9.85. The van der Waals surface area contributed by atoms with Crippen LogP contribution in [0.2, 0.25) is 6.82 Å². The van der Waals surface area contributed by atoms with Gasteiger partial charge in [0.05, 0.1) is 43.0 Å². The summed E-state index contributed by atoms with van der Waals surface area (Å²) in [6.07, 6.45) is 0.488. The van der Waals surface area contributed by atoms with Gasteiger partial charge >= 0.3 is 13.0 Å². The molecule has 11 nitrogen and oxygen atoms in total. The Bertz CT molecular complexity index is 1350. The second kappa shape index (κ2) is 13.7. The first-order valence-corrected chi connectivity index (χ1v) is 14.3. The van der Waals surface area contributed by atoms with Gasteiger partial charge in [0.25, 0.3) is 20.2 Å². The highest BCUT2D eigenvalue weighted by Gasteiger charge is 2.23. The molecule has 1 aromatic rings. The van der Waals surface area contributed by atoms with Crippen LogP contribution in [0.1, 0.15) is 49.3 Å². The van der Waals surface area contributed by atoms with E-state index in [0.29, 0.717) is 18.1 Å². The lowest BCUT2D eigenvalue weighted by Crippen LogP contribution is -2.43. The highest BCUT2D eigenvalue weighted by Crippen LogP contribution is 2.22. The van der Waals surface area contributed by atoms with Crippen LogP contribution in [0.5, 0.6) is 0 Å². The molecule has 0 bridgehead atoms. The number of ether oxygens (including phenoxy) is 1. The van der Waals surface area contributed by atoms with Crippen molar-refractivity contribution in [2.24, 2.45) is 0 Å². The van der Waals surface area contributed by atoms with Crippen LogP contribution in [0.15, 0.2) is 18.2 Å². The number of esters is 1. The summed E-state index contributed by atoms with van der Waals surface area (Å²) >= 11 is 0. The van der Waals surface area contributed by atoms with E-state index in [0.717, 1.165) is 12.1 Å². The van der Waals surface area contributed by atoms with Gasteiger partial charge in [0.2, 0.25) is 0 Å². The summed E-state index contributed by atoms with van der Waals surface area (Å²) in [6.45, 7) is -7.54. The minimum absolute atomic E-state index is 0.0802. The fraction of sp³-hybridized carbons (Fsp3) is 0.682. The molecule has 0 saturated carbocycles. The monoisotopic (exact) mass is 558 g/mol. The summed E-state index contributed by atoms with van der Waals surface area (Å²) in [6, 6.07) is 2.70. The maximum Gasteiger partial charge on any atom is 0.373 e. The van der Waals surface area contributed by atoms with E-state index < -0.39 is 76.7 Å². The zero-order chi connectivity index (χ0) is 34.9. The van der Waals surface area contributed by atoms with Crippen molar-refractivity contribution < 1.29 is 50.7 Å². The van der Waals surface area contributed by atoms with Gasteiger partial charge in [0.1, 0.15) is 5.60 Å². The molecule has 0 fully saturated rings. The summed E-state index contributed by atoms with van der Waals surface area (Å²) in [5.41, 5.74) is -0.645. The number of nitrogens with zero attached hydrogens (tertiary/aromatic N) is 1. The third-order valence-electron chi connectivity index (χ3n) is 4.07. The third kappa shape index (κ3) is 14.8. The number of nitrogens with one attached hydrogen (secondary N) is 1. The maximum absolute atomic E-state index is 12.6. The molecule has 0 aliphatic rings. The molecular weight excluding hydrogens is 511 g/mol. The molecular formula is C22H39BN2O9S2. The molecule has 0 aromatic heterocycles. The van der Waals surface area contributed by atoms with Gasteiger partial charge in [-0.2, -0.15) is 16.8 Å². The lowest BCUT2D eigenvalue weighted by Gasteiger charge is -2.27. The Hall–Kier alpha value is -1.71. The second-order valence-corrected chi connectivity index (χ2v) is 12.1. The van der Waals surface area contributed by atoms with E-state index in [2.05, 4.69) is 13.6 Å². The van der Waals surface area contributed by atoms with E-state index in [1.54, 1.807) is 27.7 Å². The standard InChI is InChI=1S/C22H39BN2O9S2/c1-17-8-9-20(25(10-12-32-35(6,28)29)11-13-33-36(7,30)31)15-18(17)14-19(24-23(5)27)16-21(26)34-22(2,3)4/h8-9,15,19,24,27H,10-14,16H2,1-7H3/t19-/m0/s1/i10D2,11D2,12D2,13D2. The van der Waals surface area contributed by atoms with Crippen molar-refractivity contribution in [3.05, 3.63) is 29.3 Å². The Morgan fingerprint density at radius 3 is 2.11 bits per heavy atom. The number of anilines is 1. The number of benzene rings is 1. The summed E-state index contributed by atoms with van der Waals surface area (Å²) in [5, 5.41) is 12.7. The molecule has 0 radical (unpaired) electrons. The molecule has 0 unspecified atom stereocenters. The van der Waals surface area contributed by atoms with Gasteiger partial charge in [-0.05, 0) is 64.2 Å². The molecule has 0 spiro atoms. The van der Waals surface area contributed by atoms with E-state index in [4.69, 9.17) is 15.7 Å². The highest BCUT2D eigenvalue weighted by molar-refractivity contribution is 7.86. The van der Waals surface area contributed by atoms with Crippen LogP contribution in [-0.2, 0) is 44.6 Å². The molecule has 206 valence electrons. The van der Waals surface area contributed by atoms with Gasteiger partial charge < -0.3 is 19.9 Å². The van der Waals surface area contributed by atoms with E-state index in [-0.39, 0.29) is 23.3 Å². The zero-order valence-electron chi connectivity index (χ0n) is 29.3. The minimum atomic E-state index is -4.72. The first kappa shape index (κ1) is 21.3. The summed E-state index contributed by atoms with van der Waals surface area (Å²) < 4.78 is 127. The first-order valence-electron chi connectivity index (χ1n) is 14.7. The van der Waals surface area contributed by atoms with Gasteiger partial charge in [-0.1, -0.05) is 6.07 Å². The Morgan fingerprint density at radius 1 is 1.14 bits per heavy atom. The number of aryl methyl sites for hydroxylation is 1. The van der Waals surface area contributed by atoms with Crippen LogP contribution in [0.3, 0.4) is 0 Å². The molecule has 1 aromatic carbocycles. The number of hydrogen-bond donors (Lipinski definition) is 2. The number of hydrogen-bond acceptors (Lipinski definition) is 11. The largest absolute Gasteiger partial charge is 0.460 e. The van der Waals surface area contributed by atoms with E-state index in [1.165, 1.54) is 12.9 Å². The number of carbonyl (C=O) groups is 1. The van der Waals surface area contributed by atoms with Crippen LogP contribution in [-0.4, -0.2) is 85.1 Å². The summed E-state index contributed by atoms with van der Waals surface area (Å²) in [5.74, 6) is -0.629. The van der Waals surface area contributed by atoms with Gasteiger partial charge in [-0.25, -0.2) is 0 Å². The van der Waals surface area contributed by atoms with Crippen molar-refractivity contribution in [1.29, 1.82) is 0 Å². The second-order valence-electron chi connectivity index (χ2n) is 8.98. The van der Waals surface area contributed by atoms with Gasteiger partial charge in [-0.15, -0.1) is 0 Å². The third-order valence-corrected chi connectivity index (χ3v) is 4.84. The fourth-order valence-corrected chi connectivity index (χ4v) is 3.21. The summed E-state index contributed by atoms with van der Waals surface area (Å²) in [7, 11) is -10.5. The van der Waals surface area contributed by atoms with Crippen LogP contribution < -0.4 is 10.1 Å². The quantitative estimate of drug-likeness (QED) is 0.181. The molecule has 14 heteroatoms. The number of rotatable bonds is 15. The Balaban J connectivity index is 3.89. The molecule has 0 saturated heterocycles. The van der Waals surface area contributed by atoms with Crippen molar-refractivity contribution in [2.75, 3.05) is 43.5 Å². The van der Waals surface area contributed by atoms with Crippen LogP contribution in [0, 0.1) is 6.92 Å². The van der Waals surface area contributed by atoms with Crippen molar-refractivity contribution in [3.63, 3.8) is 0 Å². The predicted molar refractivity (Wildman–Crippen MR) is 140 cm³/mol. The first-order chi connectivity index (χ1) is 19.3. The fourth-order valence-electron chi connectivity index (χ4n) is 2.83. The van der Waals surface area contributed by atoms with E-state index in [1.807, 2.05) is 0 Å². The van der Waals surface area contributed by atoms with Crippen LogP contribution >= 0.6 is 0 Å². The zero-order valence-corrected chi connectivity index (χ0v) is 22.9. The average molecular weight is 559 g/mol. The predicted octanol–water partition coefficient (Wildman–Crippen LogP) is 1.10. The minimum Gasteiger partial charge on any atom is -0.460 e. The van der Waals surface area contributed by atoms with Crippen molar-refractivity contribution in [3.8, 4) is 0 Å². The van der Waals surface area contributed by atoms with Crippen molar-refractivity contribution >= 4 is 38.9 Å². The SMILES string of the molecule is [2H]C([2H])(OS(C)(=O)=O)C([2H])([2H])N(c1ccc(C)c(C[C@@H](CC(=O)OC(C)(C)C)NB(C)O)c1)C([2H])([2H])C([2H])([2H])OS(C)(=O)=O. The molecule has 0 aliphatic heterocycles. The Kier molecular flexibility index (Phi) is 8.10. The van der Waals surface area contributed by atoms with Crippen LogP contribution in [0.25, 0.3) is 0 Å². The highest BCUT2D eigenvalue weighted by atomic mass is 32.2.